The van der Waals surface area contributed by atoms with Gasteiger partial charge in [-0.15, -0.1) is 13.0 Å². The lowest BCUT2D eigenvalue weighted by Gasteiger charge is -2.26. The van der Waals surface area contributed by atoms with E-state index >= 15 is 0 Å². The minimum atomic E-state index is -0.859. The third-order valence-electron chi connectivity index (χ3n) is 4.52. The molecule has 1 N–H and O–H groups in total. The monoisotopic (exact) mass is 450 g/mol. The van der Waals surface area contributed by atoms with Crippen LogP contribution < -0.4 is 19.7 Å². The van der Waals surface area contributed by atoms with Gasteiger partial charge < -0.3 is 9.47 Å². The fourth-order valence-electron chi connectivity index (χ4n) is 3.18. The average molecular weight is 451 g/mol. The van der Waals surface area contributed by atoms with Crippen molar-refractivity contribution in [2.24, 2.45) is 0 Å². The zero-order valence-corrected chi connectivity index (χ0v) is 17.9. The van der Waals surface area contributed by atoms with Crippen LogP contribution in [-0.2, 0) is 16.0 Å². The van der Waals surface area contributed by atoms with Gasteiger partial charge in [0, 0.05) is 10.6 Å². The minimum absolute atomic E-state index is 0.0402. The molecule has 0 aromatic heterocycles. The highest BCUT2D eigenvalue weighted by atomic mass is 35.5. The molecule has 0 radical (unpaired) electrons. The Morgan fingerprint density at radius 3 is 2.69 bits per heavy atom. The Labute approximate surface area is 190 Å². The zero-order chi connectivity index (χ0) is 23.3. The van der Waals surface area contributed by atoms with Crippen LogP contribution in [0, 0.1) is 12.3 Å². The number of allylic oxidation sites excluding steroid dienone is 1. The molecular weight excluding hydrogens is 432 g/mol. The molecule has 1 heterocycles. The van der Waals surface area contributed by atoms with Crippen molar-refractivity contribution >= 4 is 41.2 Å². The highest BCUT2D eigenvalue weighted by molar-refractivity contribution is 6.39. The molecule has 4 amide bonds. The number of carbonyl (C=O) groups excluding carboxylic acids is 3. The van der Waals surface area contributed by atoms with E-state index in [1.807, 2.05) is 0 Å². The molecule has 0 atom stereocenters. The van der Waals surface area contributed by atoms with Crippen molar-refractivity contribution in [3.05, 3.63) is 70.8 Å². The number of hydrogen-bond acceptors (Lipinski definition) is 5. The summed E-state index contributed by atoms with van der Waals surface area (Å²) in [6.45, 7) is 3.78. The van der Waals surface area contributed by atoms with E-state index in [1.165, 1.54) is 19.3 Å². The van der Waals surface area contributed by atoms with Crippen molar-refractivity contribution in [3.8, 4) is 23.8 Å². The highest BCUT2D eigenvalue weighted by Gasteiger charge is 2.37. The number of hydrogen-bond donors (Lipinski definition) is 1. The third kappa shape index (κ3) is 4.66. The summed E-state index contributed by atoms with van der Waals surface area (Å²) in [5.74, 6) is 1.63. The number of halogens is 1. The van der Waals surface area contributed by atoms with E-state index in [1.54, 1.807) is 36.4 Å². The molecule has 1 saturated heterocycles. The molecule has 0 saturated carbocycles. The van der Waals surface area contributed by atoms with E-state index in [0.29, 0.717) is 34.1 Å². The number of terminal acetylenes is 1. The summed E-state index contributed by atoms with van der Waals surface area (Å²) in [7, 11) is 1.46. The molecule has 1 aliphatic heterocycles. The van der Waals surface area contributed by atoms with Crippen LogP contribution in [0.2, 0.25) is 5.02 Å². The Bertz CT molecular complexity index is 1180. The summed E-state index contributed by atoms with van der Waals surface area (Å²) in [4.78, 5) is 38.7. The Morgan fingerprint density at radius 2 is 2.03 bits per heavy atom. The Balaban J connectivity index is 2.07. The van der Waals surface area contributed by atoms with Crippen molar-refractivity contribution in [1.82, 2.24) is 5.32 Å². The topological polar surface area (TPSA) is 84.9 Å². The molecule has 7 nitrogen and oxygen atoms in total. The number of nitrogens with one attached hydrogen (secondary N) is 1. The lowest BCUT2D eigenvalue weighted by molar-refractivity contribution is -0.122. The number of anilines is 1. The first-order valence-electron chi connectivity index (χ1n) is 9.44. The second-order valence-corrected chi connectivity index (χ2v) is 7.07. The summed E-state index contributed by atoms with van der Waals surface area (Å²) in [5.41, 5.74) is 1.20. The first kappa shape index (κ1) is 22.7. The summed E-state index contributed by atoms with van der Waals surface area (Å²) >= 11 is 5.99. The maximum absolute atomic E-state index is 13.1. The standard InChI is InChI=1S/C24H19ClN2O5/c1-4-7-16-11-15(13-20(31-3)21(16)32-10-5-2)12-19-22(28)26-24(30)27(23(19)29)18-9-6-8-17(25)14-18/h2,4,6,8-9,11-14H,1,7,10H2,3H3,(H,26,28,30)/b19-12+. The van der Waals surface area contributed by atoms with Gasteiger partial charge in [0.1, 0.15) is 12.2 Å². The molecule has 2 aromatic carbocycles. The normalized spacial score (nSPS) is 14.7. The van der Waals surface area contributed by atoms with E-state index in [2.05, 4.69) is 17.8 Å². The van der Waals surface area contributed by atoms with Gasteiger partial charge in [-0.1, -0.05) is 29.7 Å². The van der Waals surface area contributed by atoms with Crippen LogP contribution in [0.25, 0.3) is 6.08 Å². The largest absolute Gasteiger partial charge is 0.493 e. The van der Waals surface area contributed by atoms with Gasteiger partial charge in [0.25, 0.3) is 11.8 Å². The number of imide groups is 2. The highest BCUT2D eigenvalue weighted by Crippen LogP contribution is 2.35. The summed E-state index contributed by atoms with van der Waals surface area (Å²) in [5, 5.41) is 2.52. The molecule has 32 heavy (non-hydrogen) atoms. The fraction of sp³-hybridized carbons (Fsp3) is 0.125. The van der Waals surface area contributed by atoms with Crippen LogP contribution in [0.15, 0.2) is 54.6 Å². The number of methoxy groups -OCH3 is 1. The first-order chi connectivity index (χ1) is 15.4. The van der Waals surface area contributed by atoms with E-state index in [-0.39, 0.29) is 17.9 Å². The third-order valence-corrected chi connectivity index (χ3v) is 4.75. The number of nitrogens with zero attached hydrogens (tertiary/aromatic N) is 1. The van der Waals surface area contributed by atoms with E-state index < -0.39 is 17.8 Å². The van der Waals surface area contributed by atoms with Gasteiger partial charge in [-0.25, -0.2) is 9.69 Å². The summed E-state index contributed by atoms with van der Waals surface area (Å²) in [6, 6.07) is 8.67. The van der Waals surface area contributed by atoms with Gasteiger partial charge in [-0.05, 0) is 48.4 Å². The van der Waals surface area contributed by atoms with Crippen molar-refractivity contribution in [2.45, 2.75) is 6.42 Å². The molecule has 0 spiro atoms. The van der Waals surface area contributed by atoms with E-state index in [9.17, 15) is 14.4 Å². The van der Waals surface area contributed by atoms with Gasteiger partial charge >= 0.3 is 6.03 Å². The maximum atomic E-state index is 13.1. The number of amides is 4. The molecule has 0 unspecified atom stereocenters. The number of urea groups is 1. The fourth-order valence-corrected chi connectivity index (χ4v) is 3.36. The quantitative estimate of drug-likeness (QED) is 0.300. The van der Waals surface area contributed by atoms with Gasteiger partial charge in [-0.2, -0.15) is 0 Å². The van der Waals surface area contributed by atoms with Crippen LogP contribution >= 0.6 is 11.6 Å². The predicted molar refractivity (Wildman–Crippen MR) is 122 cm³/mol. The number of carbonyl (C=O) groups is 3. The van der Waals surface area contributed by atoms with E-state index in [0.717, 1.165) is 4.90 Å². The molecule has 1 aliphatic rings. The van der Waals surface area contributed by atoms with Crippen LogP contribution in [0.5, 0.6) is 11.5 Å². The smallest absolute Gasteiger partial charge is 0.335 e. The molecule has 1 fully saturated rings. The lowest BCUT2D eigenvalue weighted by Crippen LogP contribution is -2.54. The average Bonchev–Trinajstić information content (AvgIpc) is 2.75. The van der Waals surface area contributed by atoms with Crippen molar-refractivity contribution in [3.63, 3.8) is 0 Å². The predicted octanol–water partition coefficient (Wildman–Crippen LogP) is 3.76. The maximum Gasteiger partial charge on any atom is 0.335 e. The van der Waals surface area contributed by atoms with Crippen molar-refractivity contribution in [2.75, 3.05) is 18.6 Å². The number of benzene rings is 2. The molecule has 3 rings (SSSR count). The molecular formula is C24H19ClN2O5. The van der Waals surface area contributed by atoms with Gasteiger partial charge in [0.15, 0.2) is 11.5 Å². The van der Waals surface area contributed by atoms with Crippen LogP contribution in [0.1, 0.15) is 11.1 Å². The molecule has 8 heteroatoms. The molecule has 0 aliphatic carbocycles. The lowest BCUT2D eigenvalue weighted by atomic mass is 10.0. The zero-order valence-electron chi connectivity index (χ0n) is 17.2. The SMILES string of the molecule is C#CCOc1c(CC=C)cc(/C=C2\C(=O)NC(=O)N(c3cccc(Cl)c3)C2=O)cc1OC. The van der Waals surface area contributed by atoms with Gasteiger partial charge in [-0.3, -0.25) is 14.9 Å². The van der Waals surface area contributed by atoms with Crippen LogP contribution in [-0.4, -0.2) is 31.6 Å². The second kappa shape index (κ2) is 9.86. The van der Waals surface area contributed by atoms with E-state index in [4.69, 9.17) is 27.5 Å². The number of ether oxygens (including phenoxy) is 2. The van der Waals surface area contributed by atoms with Gasteiger partial charge in [0.05, 0.1) is 12.8 Å². The number of rotatable bonds is 7. The molecule has 162 valence electrons. The second-order valence-electron chi connectivity index (χ2n) is 6.63. The van der Waals surface area contributed by atoms with Crippen molar-refractivity contribution in [1.29, 1.82) is 0 Å². The number of barbiturate groups is 1. The van der Waals surface area contributed by atoms with Crippen LogP contribution in [0.4, 0.5) is 10.5 Å². The molecule has 0 bridgehead atoms. The Morgan fingerprint density at radius 1 is 1.25 bits per heavy atom. The summed E-state index contributed by atoms with van der Waals surface area (Å²) < 4.78 is 11.0. The van der Waals surface area contributed by atoms with Crippen molar-refractivity contribution < 1.29 is 23.9 Å². The molecule has 2 aromatic rings. The van der Waals surface area contributed by atoms with Gasteiger partial charge in [0.2, 0.25) is 0 Å². The minimum Gasteiger partial charge on any atom is -0.493 e. The Kier molecular flexibility index (Phi) is 6.98. The summed E-state index contributed by atoms with van der Waals surface area (Å²) in [6.07, 6.45) is 8.77. The first-order valence-corrected chi connectivity index (χ1v) is 9.82. The van der Waals surface area contributed by atoms with Crippen LogP contribution in [0.3, 0.4) is 0 Å². The Hall–Kier alpha value is -4.02.